The quantitative estimate of drug-likeness (QED) is 0.507. The fourth-order valence-corrected chi connectivity index (χ4v) is 3.08. The van der Waals surface area contributed by atoms with Crippen molar-refractivity contribution in [3.05, 3.63) is 66.1 Å². The van der Waals surface area contributed by atoms with Crippen LogP contribution in [0.2, 0.25) is 0 Å². The van der Waals surface area contributed by atoms with Crippen molar-refractivity contribution in [2.24, 2.45) is 0 Å². The third kappa shape index (κ3) is 5.34. The summed E-state index contributed by atoms with van der Waals surface area (Å²) < 4.78 is 0. The van der Waals surface area contributed by atoms with Crippen LogP contribution in [0.3, 0.4) is 0 Å². The number of H-pyrrole nitrogens is 1. The maximum Gasteiger partial charge on any atom is 0.315 e. The molecule has 0 unspecified atom stereocenters. The molecule has 1 aromatic carbocycles. The zero-order valence-corrected chi connectivity index (χ0v) is 15.0. The van der Waals surface area contributed by atoms with E-state index >= 15 is 0 Å². The molecule has 3 aromatic rings. The van der Waals surface area contributed by atoms with Crippen LogP contribution < -0.4 is 10.6 Å². The molecule has 0 fully saturated rings. The van der Waals surface area contributed by atoms with Gasteiger partial charge in [0.2, 0.25) is 0 Å². The Kier molecular flexibility index (Phi) is 6.65. The average Bonchev–Trinajstić information content (AvgIpc) is 3.10. The summed E-state index contributed by atoms with van der Waals surface area (Å²) in [4.78, 5) is 19.1. The summed E-state index contributed by atoms with van der Waals surface area (Å²) >= 11 is 0. The number of aromatic amines is 1. The second-order valence-corrected chi connectivity index (χ2v) is 6.49. The van der Waals surface area contributed by atoms with Crippen molar-refractivity contribution in [3.8, 4) is 0 Å². The van der Waals surface area contributed by atoms with Gasteiger partial charge >= 0.3 is 6.03 Å². The molecule has 5 heteroatoms. The molecule has 26 heavy (non-hydrogen) atoms. The monoisotopic (exact) mass is 350 g/mol. The molecule has 2 amide bonds. The first kappa shape index (κ1) is 18.0. The average molecular weight is 350 g/mol. The van der Waals surface area contributed by atoms with Gasteiger partial charge in [-0.15, -0.1) is 0 Å². The Bertz CT molecular complexity index is 813. The Morgan fingerprint density at radius 3 is 2.77 bits per heavy atom. The van der Waals surface area contributed by atoms with Crippen LogP contribution >= 0.6 is 0 Å². The van der Waals surface area contributed by atoms with Crippen molar-refractivity contribution < 1.29 is 4.79 Å². The van der Waals surface area contributed by atoms with Gasteiger partial charge in [0.25, 0.3) is 0 Å². The first-order valence-electron chi connectivity index (χ1n) is 9.28. The number of pyridine rings is 1. The zero-order valence-electron chi connectivity index (χ0n) is 15.0. The van der Waals surface area contributed by atoms with Crippen LogP contribution in [-0.4, -0.2) is 22.5 Å². The van der Waals surface area contributed by atoms with E-state index in [0.29, 0.717) is 13.1 Å². The van der Waals surface area contributed by atoms with Crippen LogP contribution in [0.1, 0.15) is 36.8 Å². The van der Waals surface area contributed by atoms with E-state index in [1.54, 1.807) is 12.4 Å². The number of fused-ring (bicyclic) bond motifs is 1. The number of rotatable bonds is 9. The number of benzene rings is 1. The lowest BCUT2D eigenvalue weighted by Crippen LogP contribution is -2.35. The molecule has 2 heterocycles. The Labute approximate surface area is 154 Å². The normalized spacial score (nSPS) is 10.8. The molecule has 3 rings (SSSR count). The lowest BCUT2D eigenvalue weighted by Gasteiger charge is -2.07. The number of unbranched alkanes of at least 4 members (excludes halogenated alkanes) is 3. The third-order valence-electron chi connectivity index (χ3n) is 4.51. The third-order valence-corrected chi connectivity index (χ3v) is 4.51. The number of nitrogens with one attached hydrogen (secondary N) is 3. The zero-order chi connectivity index (χ0) is 18.0. The molecular weight excluding hydrogens is 324 g/mol. The second-order valence-electron chi connectivity index (χ2n) is 6.49. The predicted molar refractivity (Wildman–Crippen MR) is 105 cm³/mol. The van der Waals surface area contributed by atoms with Gasteiger partial charge in [-0.1, -0.05) is 37.1 Å². The van der Waals surface area contributed by atoms with Crippen molar-refractivity contribution >= 4 is 16.9 Å². The minimum atomic E-state index is -0.118. The Morgan fingerprint density at radius 2 is 1.88 bits per heavy atom. The van der Waals surface area contributed by atoms with E-state index < -0.39 is 0 Å². The molecular formula is C21H26N4O. The van der Waals surface area contributed by atoms with Crippen LogP contribution in [0.5, 0.6) is 0 Å². The Morgan fingerprint density at radius 1 is 1.00 bits per heavy atom. The highest BCUT2D eigenvalue weighted by atomic mass is 16.2. The van der Waals surface area contributed by atoms with Crippen molar-refractivity contribution in [2.45, 2.75) is 38.6 Å². The van der Waals surface area contributed by atoms with Gasteiger partial charge in [-0.3, -0.25) is 4.98 Å². The highest BCUT2D eigenvalue weighted by Crippen LogP contribution is 2.19. The molecule has 0 bridgehead atoms. The molecule has 0 atom stereocenters. The number of amides is 2. The molecule has 2 aromatic heterocycles. The summed E-state index contributed by atoms with van der Waals surface area (Å²) in [6.45, 7) is 1.22. The van der Waals surface area contributed by atoms with Crippen LogP contribution in [0, 0.1) is 0 Å². The summed E-state index contributed by atoms with van der Waals surface area (Å²) in [7, 11) is 0. The molecule has 0 aliphatic carbocycles. The van der Waals surface area contributed by atoms with Gasteiger partial charge in [-0.2, -0.15) is 0 Å². The summed E-state index contributed by atoms with van der Waals surface area (Å²) in [5.74, 6) is 0. The largest absolute Gasteiger partial charge is 0.361 e. The van der Waals surface area contributed by atoms with E-state index in [1.807, 2.05) is 12.1 Å². The van der Waals surface area contributed by atoms with E-state index in [4.69, 9.17) is 0 Å². The number of carbonyl (C=O) groups is 1. The highest BCUT2D eigenvalue weighted by molar-refractivity contribution is 5.83. The van der Waals surface area contributed by atoms with Crippen molar-refractivity contribution in [2.75, 3.05) is 6.54 Å². The topological polar surface area (TPSA) is 69.8 Å². The number of urea groups is 1. The Balaban J connectivity index is 1.24. The maximum atomic E-state index is 11.7. The maximum absolute atomic E-state index is 11.7. The molecule has 5 nitrogen and oxygen atoms in total. The number of carbonyl (C=O) groups excluding carboxylic acids is 1. The van der Waals surface area contributed by atoms with Gasteiger partial charge in [0.15, 0.2) is 0 Å². The van der Waals surface area contributed by atoms with Crippen LogP contribution in [-0.2, 0) is 13.0 Å². The van der Waals surface area contributed by atoms with Crippen LogP contribution in [0.4, 0.5) is 4.79 Å². The van der Waals surface area contributed by atoms with E-state index in [9.17, 15) is 4.79 Å². The lowest BCUT2D eigenvalue weighted by atomic mass is 10.1. The van der Waals surface area contributed by atoms with E-state index in [2.05, 4.69) is 51.1 Å². The molecule has 0 radical (unpaired) electrons. The molecule has 3 N–H and O–H groups in total. The summed E-state index contributed by atoms with van der Waals surface area (Å²) in [6.07, 6.45) is 11.2. The summed E-state index contributed by atoms with van der Waals surface area (Å²) in [6, 6.07) is 12.1. The SMILES string of the molecule is O=C(NCCCCCCc1c[nH]c2ccccc12)NCc1cccnc1. The molecule has 0 aliphatic heterocycles. The first-order valence-corrected chi connectivity index (χ1v) is 9.28. The van der Waals surface area contributed by atoms with Crippen molar-refractivity contribution in [1.82, 2.24) is 20.6 Å². The van der Waals surface area contributed by atoms with Crippen molar-refractivity contribution in [1.29, 1.82) is 0 Å². The van der Waals surface area contributed by atoms with E-state index in [0.717, 1.165) is 24.8 Å². The smallest absolute Gasteiger partial charge is 0.315 e. The van der Waals surface area contributed by atoms with Crippen molar-refractivity contribution in [3.63, 3.8) is 0 Å². The van der Waals surface area contributed by atoms with Gasteiger partial charge < -0.3 is 15.6 Å². The molecule has 0 saturated heterocycles. The standard InChI is InChI=1S/C21H26N4O/c26-21(25-15-17-8-7-12-22-14-17)23-13-6-2-1-3-9-18-16-24-20-11-5-4-10-19(18)20/h4-5,7-8,10-12,14,16,24H,1-3,6,9,13,15H2,(H2,23,25,26). The summed E-state index contributed by atoms with van der Waals surface area (Å²) in [5, 5.41) is 7.08. The van der Waals surface area contributed by atoms with Gasteiger partial charge in [0.1, 0.15) is 0 Å². The molecule has 136 valence electrons. The number of hydrogen-bond donors (Lipinski definition) is 3. The van der Waals surface area contributed by atoms with E-state index in [1.165, 1.54) is 29.3 Å². The minimum Gasteiger partial charge on any atom is -0.361 e. The number of nitrogens with zero attached hydrogens (tertiary/aromatic N) is 1. The van der Waals surface area contributed by atoms with Gasteiger partial charge in [0, 0.05) is 42.6 Å². The lowest BCUT2D eigenvalue weighted by molar-refractivity contribution is 0.240. The Hall–Kier alpha value is -2.82. The highest BCUT2D eigenvalue weighted by Gasteiger charge is 2.03. The first-order chi connectivity index (χ1) is 12.8. The van der Waals surface area contributed by atoms with Gasteiger partial charge in [-0.05, 0) is 42.5 Å². The molecule has 0 spiro atoms. The van der Waals surface area contributed by atoms with Gasteiger partial charge in [0.05, 0.1) is 0 Å². The minimum absolute atomic E-state index is 0.118. The fourth-order valence-electron chi connectivity index (χ4n) is 3.08. The molecule has 0 aliphatic rings. The van der Waals surface area contributed by atoms with Crippen LogP contribution in [0.25, 0.3) is 10.9 Å². The number of aryl methyl sites for hydroxylation is 1. The number of aromatic nitrogens is 2. The van der Waals surface area contributed by atoms with E-state index in [-0.39, 0.29) is 6.03 Å². The van der Waals surface area contributed by atoms with Gasteiger partial charge in [-0.25, -0.2) is 4.79 Å². The number of hydrogen-bond acceptors (Lipinski definition) is 2. The van der Waals surface area contributed by atoms with Crippen LogP contribution in [0.15, 0.2) is 55.0 Å². The second kappa shape index (κ2) is 9.61. The predicted octanol–water partition coefficient (Wildman–Crippen LogP) is 4.17. The summed E-state index contributed by atoms with van der Waals surface area (Å²) in [5.41, 5.74) is 3.61. The fraction of sp³-hybridized carbons (Fsp3) is 0.333. The number of para-hydroxylation sites is 1. The molecule has 0 saturated carbocycles.